The second-order valence-corrected chi connectivity index (χ2v) is 5.10. The van der Waals surface area contributed by atoms with E-state index in [1.165, 1.54) is 19.1 Å². The van der Waals surface area contributed by atoms with E-state index in [0.717, 1.165) is 11.1 Å². The van der Waals surface area contributed by atoms with E-state index in [1.54, 1.807) is 18.2 Å². The molecule has 2 rings (SSSR count). The van der Waals surface area contributed by atoms with E-state index in [1.807, 2.05) is 31.2 Å². The number of aromatic hydroxyl groups is 1. The molecule has 0 radical (unpaired) electrons. The van der Waals surface area contributed by atoms with Crippen LogP contribution in [0.5, 0.6) is 5.75 Å². The number of benzene rings is 2. The summed E-state index contributed by atoms with van der Waals surface area (Å²) in [4.78, 5) is 23.8. The smallest absolute Gasteiger partial charge is 0.272 e. The molecule has 0 aromatic heterocycles. The summed E-state index contributed by atoms with van der Waals surface area (Å²) in [5, 5.41) is 14.6. The SMILES string of the molecule is CC(=O)NC(=Cc1ccccc1C)C(=O)Nc1cccc(O)c1. The zero-order valence-corrected chi connectivity index (χ0v) is 13.0. The van der Waals surface area contributed by atoms with Crippen LogP contribution in [0, 0.1) is 6.92 Å². The van der Waals surface area contributed by atoms with Crippen LogP contribution in [0.3, 0.4) is 0 Å². The monoisotopic (exact) mass is 310 g/mol. The molecule has 0 aliphatic rings. The highest BCUT2D eigenvalue weighted by atomic mass is 16.3. The van der Waals surface area contributed by atoms with E-state index in [9.17, 15) is 14.7 Å². The molecule has 0 aliphatic carbocycles. The third-order valence-electron chi connectivity index (χ3n) is 3.15. The van der Waals surface area contributed by atoms with Crippen LogP contribution in [0.1, 0.15) is 18.1 Å². The summed E-state index contributed by atoms with van der Waals surface area (Å²) in [5.41, 5.74) is 2.40. The highest BCUT2D eigenvalue weighted by molar-refractivity contribution is 6.08. The van der Waals surface area contributed by atoms with Gasteiger partial charge in [-0.05, 0) is 36.3 Å². The first-order valence-corrected chi connectivity index (χ1v) is 7.11. The normalized spacial score (nSPS) is 11.0. The Morgan fingerprint density at radius 3 is 2.48 bits per heavy atom. The van der Waals surface area contributed by atoms with Crippen molar-refractivity contribution >= 4 is 23.6 Å². The van der Waals surface area contributed by atoms with Gasteiger partial charge in [0, 0.05) is 18.7 Å². The first-order chi connectivity index (χ1) is 11.0. The van der Waals surface area contributed by atoms with Crippen LogP contribution >= 0.6 is 0 Å². The molecule has 0 atom stereocenters. The third kappa shape index (κ3) is 4.71. The number of hydrogen-bond acceptors (Lipinski definition) is 3. The molecule has 0 aliphatic heterocycles. The quantitative estimate of drug-likeness (QED) is 0.760. The van der Waals surface area contributed by atoms with E-state index in [2.05, 4.69) is 10.6 Å². The molecule has 3 N–H and O–H groups in total. The number of anilines is 1. The van der Waals surface area contributed by atoms with Crippen molar-refractivity contribution in [2.75, 3.05) is 5.32 Å². The number of phenolic OH excluding ortho intramolecular Hbond substituents is 1. The number of phenols is 1. The lowest BCUT2D eigenvalue weighted by Gasteiger charge is -2.10. The van der Waals surface area contributed by atoms with Gasteiger partial charge in [0.2, 0.25) is 5.91 Å². The van der Waals surface area contributed by atoms with Gasteiger partial charge in [-0.2, -0.15) is 0 Å². The largest absolute Gasteiger partial charge is 0.508 e. The lowest BCUT2D eigenvalue weighted by Crippen LogP contribution is -2.29. The minimum atomic E-state index is -0.464. The first kappa shape index (κ1) is 16.3. The summed E-state index contributed by atoms with van der Waals surface area (Å²) in [6.45, 7) is 3.26. The van der Waals surface area contributed by atoms with Crippen molar-refractivity contribution in [3.8, 4) is 5.75 Å². The molecule has 2 aromatic carbocycles. The van der Waals surface area contributed by atoms with E-state index < -0.39 is 5.91 Å². The number of aryl methyl sites for hydroxylation is 1. The van der Waals surface area contributed by atoms with Gasteiger partial charge in [-0.1, -0.05) is 30.3 Å². The van der Waals surface area contributed by atoms with Crippen molar-refractivity contribution in [2.45, 2.75) is 13.8 Å². The fourth-order valence-corrected chi connectivity index (χ4v) is 2.03. The molecular weight excluding hydrogens is 292 g/mol. The topological polar surface area (TPSA) is 78.4 Å². The van der Waals surface area contributed by atoms with Crippen molar-refractivity contribution in [3.05, 3.63) is 65.4 Å². The number of rotatable bonds is 4. The molecule has 0 bridgehead atoms. The minimum absolute atomic E-state index is 0.0479. The third-order valence-corrected chi connectivity index (χ3v) is 3.15. The maximum Gasteiger partial charge on any atom is 0.272 e. The van der Waals surface area contributed by atoms with Gasteiger partial charge in [-0.3, -0.25) is 9.59 Å². The van der Waals surface area contributed by atoms with Crippen LogP contribution < -0.4 is 10.6 Å². The van der Waals surface area contributed by atoms with Crippen LogP contribution in [-0.4, -0.2) is 16.9 Å². The average molecular weight is 310 g/mol. The van der Waals surface area contributed by atoms with Gasteiger partial charge in [-0.25, -0.2) is 0 Å². The Hall–Kier alpha value is -3.08. The summed E-state index contributed by atoms with van der Waals surface area (Å²) in [6.07, 6.45) is 1.62. The van der Waals surface area contributed by atoms with Crippen molar-refractivity contribution < 1.29 is 14.7 Å². The van der Waals surface area contributed by atoms with Crippen LogP contribution in [0.15, 0.2) is 54.2 Å². The predicted molar refractivity (Wildman–Crippen MR) is 89.7 cm³/mol. The second kappa shape index (κ2) is 7.26. The molecule has 5 nitrogen and oxygen atoms in total. The van der Waals surface area contributed by atoms with Gasteiger partial charge in [-0.15, -0.1) is 0 Å². The fraction of sp³-hybridized carbons (Fsp3) is 0.111. The van der Waals surface area contributed by atoms with Crippen LogP contribution in [0.4, 0.5) is 5.69 Å². The van der Waals surface area contributed by atoms with Gasteiger partial charge in [0.1, 0.15) is 11.4 Å². The number of carbonyl (C=O) groups is 2. The van der Waals surface area contributed by atoms with E-state index in [0.29, 0.717) is 5.69 Å². The Kier molecular flexibility index (Phi) is 5.15. The molecular formula is C18H18N2O3. The molecule has 0 unspecified atom stereocenters. The standard InChI is InChI=1S/C18H18N2O3/c1-12-6-3-4-7-14(12)10-17(19-13(2)21)18(23)20-15-8-5-9-16(22)11-15/h3-11,22H,1-2H3,(H,19,21)(H,20,23). The summed E-state index contributed by atoms with van der Waals surface area (Å²) in [7, 11) is 0. The van der Waals surface area contributed by atoms with Crippen molar-refractivity contribution in [3.63, 3.8) is 0 Å². The molecule has 0 saturated heterocycles. The van der Waals surface area contributed by atoms with Gasteiger partial charge < -0.3 is 15.7 Å². The maximum absolute atomic E-state index is 12.4. The second-order valence-electron chi connectivity index (χ2n) is 5.10. The molecule has 0 spiro atoms. The lowest BCUT2D eigenvalue weighted by atomic mass is 10.1. The molecule has 5 heteroatoms. The Morgan fingerprint density at radius 1 is 1.09 bits per heavy atom. The number of carbonyl (C=O) groups excluding carboxylic acids is 2. The molecule has 118 valence electrons. The van der Waals surface area contributed by atoms with E-state index in [-0.39, 0.29) is 17.4 Å². The summed E-state index contributed by atoms with van der Waals surface area (Å²) in [6, 6.07) is 13.7. The Morgan fingerprint density at radius 2 is 1.83 bits per heavy atom. The van der Waals surface area contributed by atoms with E-state index in [4.69, 9.17) is 0 Å². The predicted octanol–water partition coefficient (Wildman–Crippen LogP) is 2.82. The minimum Gasteiger partial charge on any atom is -0.508 e. The van der Waals surface area contributed by atoms with Gasteiger partial charge in [0.25, 0.3) is 5.91 Å². The molecule has 0 heterocycles. The van der Waals surface area contributed by atoms with Crippen LogP contribution in [0.2, 0.25) is 0 Å². The Labute approximate surface area is 134 Å². The molecule has 2 amide bonds. The zero-order chi connectivity index (χ0) is 16.8. The molecule has 2 aromatic rings. The molecule has 0 fully saturated rings. The van der Waals surface area contributed by atoms with Crippen LogP contribution in [0.25, 0.3) is 6.08 Å². The first-order valence-electron chi connectivity index (χ1n) is 7.11. The Balaban J connectivity index is 2.29. The van der Waals surface area contributed by atoms with E-state index >= 15 is 0 Å². The fourth-order valence-electron chi connectivity index (χ4n) is 2.03. The van der Waals surface area contributed by atoms with Crippen LogP contribution in [-0.2, 0) is 9.59 Å². The number of nitrogens with one attached hydrogen (secondary N) is 2. The summed E-state index contributed by atoms with van der Waals surface area (Å²) >= 11 is 0. The zero-order valence-electron chi connectivity index (χ0n) is 13.0. The Bertz CT molecular complexity index is 766. The molecule has 23 heavy (non-hydrogen) atoms. The highest BCUT2D eigenvalue weighted by Gasteiger charge is 2.12. The average Bonchev–Trinajstić information content (AvgIpc) is 2.48. The lowest BCUT2D eigenvalue weighted by molar-refractivity contribution is -0.120. The summed E-state index contributed by atoms with van der Waals surface area (Å²) in [5.74, 6) is -0.753. The van der Waals surface area contributed by atoms with Gasteiger partial charge in [0.15, 0.2) is 0 Å². The maximum atomic E-state index is 12.4. The van der Waals surface area contributed by atoms with Gasteiger partial charge >= 0.3 is 0 Å². The van der Waals surface area contributed by atoms with Gasteiger partial charge in [0.05, 0.1) is 0 Å². The van der Waals surface area contributed by atoms with Crippen molar-refractivity contribution in [1.82, 2.24) is 5.32 Å². The van der Waals surface area contributed by atoms with Crippen molar-refractivity contribution in [1.29, 1.82) is 0 Å². The summed E-state index contributed by atoms with van der Waals surface area (Å²) < 4.78 is 0. The highest BCUT2D eigenvalue weighted by Crippen LogP contribution is 2.17. The van der Waals surface area contributed by atoms with Crippen molar-refractivity contribution in [2.24, 2.45) is 0 Å². The molecule has 0 saturated carbocycles. The number of amides is 2. The number of hydrogen-bond donors (Lipinski definition) is 3.